The molecule has 4 heteroatoms. The molecule has 0 saturated carbocycles. The van der Waals surface area contributed by atoms with Crippen molar-refractivity contribution in [3.8, 4) is 0 Å². The van der Waals surface area contributed by atoms with E-state index in [9.17, 15) is 4.79 Å². The lowest BCUT2D eigenvalue weighted by molar-refractivity contribution is -0.116. The van der Waals surface area contributed by atoms with Crippen molar-refractivity contribution in [2.75, 3.05) is 0 Å². The van der Waals surface area contributed by atoms with Gasteiger partial charge in [-0.2, -0.15) is 0 Å². The van der Waals surface area contributed by atoms with Crippen LogP contribution in [0.4, 0.5) is 0 Å². The van der Waals surface area contributed by atoms with Gasteiger partial charge >= 0.3 is 0 Å². The lowest BCUT2D eigenvalue weighted by atomic mass is 9.95. The third-order valence-electron chi connectivity index (χ3n) is 4.47. The Morgan fingerprint density at radius 3 is 2.78 bits per heavy atom. The van der Waals surface area contributed by atoms with E-state index in [0.29, 0.717) is 6.54 Å². The quantitative estimate of drug-likeness (QED) is 0.888. The van der Waals surface area contributed by atoms with Crippen LogP contribution in [0.15, 0.2) is 35.2 Å². The van der Waals surface area contributed by atoms with Crippen LogP contribution in [0, 0.1) is 0 Å². The summed E-state index contributed by atoms with van der Waals surface area (Å²) in [6, 6.07) is 10.1. The van der Waals surface area contributed by atoms with Crippen LogP contribution < -0.4 is 5.32 Å². The minimum atomic E-state index is 0.0517. The van der Waals surface area contributed by atoms with Gasteiger partial charge in [0.05, 0.1) is 4.91 Å². The summed E-state index contributed by atoms with van der Waals surface area (Å²) in [4.78, 5) is 16.2. The molecule has 2 nitrogen and oxygen atoms in total. The van der Waals surface area contributed by atoms with Gasteiger partial charge in [-0.15, -0.1) is 23.1 Å². The van der Waals surface area contributed by atoms with E-state index in [2.05, 4.69) is 11.4 Å². The predicted octanol–water partition coefficient (Wildman–Crippen LogP) is 4.53. The maximum absolute atomic E-state index is 12.4. The average molecular weight is 342 g/mol. The van der Waals surface area contributed by atoms with Gasteiger partial charge in [-0.25, -0.2) is 0 Å². The van der Waals surface area contributed by atoms with Crippen LogP contribution >= 0.6 is 23.1 Å². The Balaban J connectivity index is 1.49. The number of rotatable bonds is 3. The molecule has 2 aliphatic rings. The number of nitrogens with one attached hydrogen (secondary N) is 1. The minimum Gasteiger partial charge on any atom is -0.348 e. The van der Waals surface area contributed by atoms with Crippen LogP contribution in [0.3, 0.4) is 0 Å². The van der Waals surface area contributed by atoms with Crippen molar-refractivity contribution in [1.82, 2.24) is 5.32 Å². The van der Waals surface area contributed by atoms with E-state index in [-0.39, 0.29) is 5.91 Å². The minimum absolute atomic E-state index is 0.0517. The number of carbonyl (C=O) groups excluding carboxylic acids is 1. The summed E-state index contributed by atoms with van der Waals surface area (Å²) in [7, 11) is 0. The summed E-state index contributed by atoms with van der Waals surface area (Å²) in [5.41, 5.74) is 4.22. The first-order valence-corrected chi connectivity index (χ1v) is 9.91. The van der Waals surface area contributed by atoms with Crippen LogP contribution in [0.2, 0.25) is 0 Å². The zero-order valence-electron chi connectivity index (χ0n) is 12.9. The third-order valence-corrected chi connectivity index (χ3v) is 6.79. The van der Waals surface area contributed by atoms with E-state index in [0.717, 1.165) is 16.2 Å². The SMILES string of the molecule is O=C(NCc1ccccc1)C1=Cc2sc3c(c2CS1)CCCC3. The first-order chi connectivity index (χ1) is 11.3. The van der Waals surface area contributed by atoms with E-state index >= 15 is 0 Å². The van der Waals surface area contributed by atoms with Crippen molar-refractivity contribution in [3.05, 3.63) is 61.7 Å². The monoisotopic (exact) mass is 341 g/mol. The summed E-state index contributed by atoms with van der Waals surface area (Å²) in [5, 5.41) is 3.04. The standard InChI is InChI=1S/C19H19NOS2/c21-19(20-11-13-6-2-1-3-7-13)18-10-17-15(12-22-18)14-8-4-5-9-16(14)23-17/h1-3,6-7,10H,4-5,8-9,11-12H2,(H,20,21). The largest absolute Gasteiger partial charge is 0.348 e. The summed E-state index contributed by atoms with van der Waals surface area (Å²) >= 11 is 3.59. The molecular formula is C19H19NOS2. The Bertz CT molecular complexity index is 761. The van der Waals surface area contributed by atoms with Gasteiger partial charge in [0.25, 0.3) is 5.91 Å². The van der Waals surface area contributed by atoms with Crippen LogP contribution in [0.1, 0.15) is 39.3 Å². The number of hydrogen-bond acceptors (Lipinski definition) is 3. The molecule has 0 radical (unpaired) electrons. The van der Waals surface area contributed by atoms with Gasteiger partial charge in [0.15, 0.2) is 0 Å². The molecule has 2 heterocycles. The van der Waals surface area contributed by atoms with E-state index in [1.807, 2.05) is 41.7 Å². The molecule has 1 N–H and O–H groups in total. The Morgan fingerprint density at radius 2 is 1.91 bits per heavy atom. The van der Waals surface area contributed by atoms with Gasteiger partial charge in [0.1, 0.15) is 0 Å². The smallest absolute Gasteiger partial charge is 0.258 e. The number of hydrogen-bond donors (Lipinski definition) is 1. The van der Waals surface area contributed by atoms with Gasteiger partial charge in [-0.3, -0.25) is 4.79 Å². The van der Waals surface area contributed by atoms with Gasteiger partial charge in [0.2, 0.25) is 0 Å². The molecule has 0 saturated heterocycles. The maximum Gasteiger partial charge on any atom is 0.258 e. The number of fused-ring (bicyclic) bond motifs is 3. The van der Waals surface area contributed by atoms with Crippen molar-refractivity contribution in [3.63, 3.8) is 0 Å². The molecule has 118 valence electrons. The molecule has 0 spiro atoms. The fourth-order valence-electron chi connectivity index (χ4n) is 3.23. The Hall–Kier alpha value is -1.52. The van der Waals surface area contributed by atoms with Crippen molar-refractivity contribution in [1.29, 1.82) is 0 Å². The molecular weight excluding hydrogens is 322 g/mol. The second-order valence-corrected chi connectivity index (χ2v) is 8.17. The van der Waals surface area contributed by atoms with Gasteiger partial charge in [0, 0.05) is 22.1 Å². The Labute approximate surface area is 145 Å². The zero-order chi connectivity index (χ0) is 15.6. The lowest BCUT2D eigenvalue weighted by Crippen LogP contribution is -2.24. The number of thiophene rings is 1. The molecule has 0 bridgehead atoms. The van der Waals surface area contributed by atoms with Crippen LogP contribution in [0.5, 0.6) is 0 Å². The Morgan fingerprint density at radius 1 is 1.09 bits per heavy atom. The number of carbonyl (C=O) groups is 1. The molecule has 1 aromatic carbocycles. The number of amides is 1. The third kappa shape index (κ3) is 3.10. The summed E-state index contributed by atoms with van der Waals surface area (Å²) in [6.45, 7) is 0.589. The Kier molecular flexibility index (Phi) is 4.27. The van der Waals surface area contributed by atoms with Gasteiger partial charge in [-0.05, 0) is 48.4 Å². The van der Waals surface area contributed by atoms with Gasteiger partial charge < -0.3 is 5.32 Å². The number of thioether (sulfide) groups is 1. The lowest BCUT2D eigenvalue weighted by Gasteiger charge is -2.16. The summed E-state index contributed by atoms with van der Waals surface area (Å²) < 4.78 is 0. The molecule has 4 rings (SSSR count). The highest BCUT2D eigenvalue weighted by atomic mass is 32.2. The highest BCUT2D eigenvalue weighted by Gasteiger charge is 2.24. The highest BCUT2D eigenvalue weighted by Crippen LogP contribution is 2.42. The first-order valence-electron chi connectivity index (χ1n) is 8.11. The summed E-state index contributed by atoms with van der Waals surface area (Å²) in [5.74, 6) is 1.00. The van der Waals surface area contributed by atoms with E-state index in [1.54, 1.807) is 22.2 Å². The van der Waals surface area contributed by atoms with E-state index in [4.69, 9.17) is 0 Å². The molecule has 0 unspecified atom stereocenters. The van der Waals surface area contributed by atoms with Crippen molar-refractivity contribution >= 4 is 35.1 Å². The molecule has 1 amide bonds. The molecule has 1 aromatic heterocycles. The summed E-state index contributed by atoms with van der Waals surface area (Å²) in [6.07, 6.45) is 7.18. The highest BCUT2D eigenvalue weighted by molar-refractivity contribution is 8.03. The number of aryl methyl sites for hydroxylation is 1. The topological polar surface area (TPSA) is 29.1 Å². The molecule has 2 aromatic rings. The average Bonchev–Trinajstić information content (AvgIpc) is 2.98. The van der Waals surface area contributed by atoms with Crippen LogP contribution in [-0.4, -0.2) is 5.91 Å². The predicted molar refractivity (Wildman–Crippen MR) is 98.5 cm³/mol. The van der Waals surface area contributed by atoms with E-state index < -0.39 is 0 Å². The molecule has 1 aliphatic heterocycles. The van der Waals surface area contributed by atoms with Crippen LogP contribution in [-0.2, 0) is 29.9 Å². The fraction of sp³-hybridized carbons (Fsp3) is 0.316. The molecule has 0 atom stereocenters. The molecule has 23 heavy (non-hydrogen) atoms. The zero-order valence-corrected chi connectivity index (χ0v) is 14.6. The fourth-order valence-corrected chi connectivity index (χ4v) is 5.79. The molecule has 0 fully saturated rings. The van der Waals surface area contributed by atoms with Gasteiger partial charge in [-0.1, -0.05) is 30.3 Å². The second kappa shape index (κ2) is 6.54. The maximum atomic E-state index is 12.4. The van der Waals surface area contributed by atoms with Crippen LogP contribution in [0.25, 0.3) is 6.08 Å². The number of benzene rings is 1. The second-order valence-electron chi connectivity index (χ2n) is 6.02. The first kappa shape index (κ1) is 15.0. The van der Waals surface area contributed by atoms with Crippen molar-refractivity contribution in [2.24, 2.45) is 0 Å². The van der Waals surface area contributed by atoms with E-state index in [1.165, 1.54) is 36.1 Å². The van der Waals surface area contributed by atoms with Crippen molar-refractivity contribution < 1.29 is 4.79 Å². The van der Waals surface area contributed by atoms with Crippen molar-refractivity contribution in [2.45, 2.75) is 38.0 Å². The molecule has 1 aliphatic carbocycles. The normalized spacial score (nSPS) is 16.3.